The van der Waals surface area contributed by atoms with Crippen molar-refractivity contribution < 1.29 is 19.1 Å². The maximum atomic E-state index is 13.8. The van der Waals surface area contributed by atoms with Gasteiger partial charge in [-0.15, -0.1) is 0 Å². The van der Waals surface area contributed by atoms with Crippen LogP contribution in [0.4, 0.5) is 5.82 Å². The maximum Gasteiger partial charge on any atom is 0.258 e. The number of anilines is 1. The molecule has 1 aromatic heterocycles. The molecule has 0 spiro atoms. The summed E-state index contributed by atoms with van der Waals surface area (Å²) in [6, 6.07) is 21.4. The standard InChI is InChI=1S/C31H32Cl2N4O4/c1-31(2,3)27-17-28(37(35-27)21-11-14-24(32)25(33)15-21)34-29(38)19-36(18-20-9-7-6-8-10-20)30(39)23-13-12-22(40-4)16-26(23)41-5/h6-17H,18-19H2,1-5H3,(H,34,38). The molecule has 0 atom stereocenters. The number of hydrogen-bond acceptors (Lipinski definition) is 5. The van der Waals surface area contributed by atoms with Crippen LogP contribution in [0.5, 0.6) is 11.5 Å². The molecule has 41 heavy (non-hydrogen) atoms. The van der Waals surface area contributed by atoms with Crippen LogP contribution < -0.4 is 14.8 Å². The van der Waals surface area contributed by atoms with Gasteiger partial charge >= 0.3 is 0 Å². The highest BCUT2D eigenvalue weighted by Gasteiger charge is 2.25. The van der Waals surface area contributed by atoms with E-state index in [0.717, 1.165) is 11.3 Å². The Balaban J connectivity index is 1.66. The van der Waals surface area contributed by atoms with Crippen LogP contribution in [0.3, 0.4) is 0 Å². The summed E-state index contributed by atoms with van der Waals surface area (Å²) in [5, 5.41) is 8.45. The molecular formula is C31H32Cl2N4O4. The summed E-state index contributed by atoms with van der Waals surface area (Å²) in [5.74, 6) is 0.573. The van der Waals surface area contributed by atoms with E-state index in [4.69, 9.17) is 37.8 Å². The second kappa shape index (κ2) is 12.7. The Hall–Kier alpha value is -4.01. The first-order valence-electron chi connectivity index (χ1n) is 12.9. The SMILES string of the molecule is COc1ccc(C(=O)N(CC(=O)Nc2cc(C(C)(C)C)nn2-c2ccc(Cl)c(Cl)c2)Cc2ccccc2)c(OC)c1. The number of aromatic nitrogens is 2. The molecule has 0 bridgehead atoms. The molecule has 0 unspecified atom stereocenters. The van der Waals surface area contributed by atoms with Gasteiger partial charge in [-0.2, -0.15) is 5.10 Å². The summed E-state index contributed by atoms with van der Waals surface area (Å²) in [6.07, 6.45) is 0. The predicted octanol–water partition coefficient (Wildman–Crippen LogP) is 6.77. The Bertz CT molecular complexity index is 1550. The molecule has 0 saturated heterocycles. The number of carbonyl (C=O) groups is 2. The fourth-order valence-corrected chi connectivity index (χ4v) is 4.45. The Morgan fingerprint density at radius 1 is 0.927 bits per heavy atom. The molecule has 0 aliphatic carbocycles. The van der Waals surface area contributed by atoms with Gasteiger partial charge in [-0.25, -0.2) is 4.68 Å². The molecule has 0 aliphatic rings. The number of rotatable bonds is 9. The quantitative estimate of drug-likeness (QED) is 0.231. The fraction of sp³-hybridized carbons (Fsp3) is 0.258. The average molecular weight is 596 g/mol. The van der Waals surface area contributed by atoms with E-state index in [1.165, 1.54) is 19.1 Å². The van der Waals surface area contributed by atoms with Gasteiger partial charge in [0.25, 0.3) is 5.91 Å². The van der Waals surface area contributed by atoms with E-state index < -0.39 is 5.91 Å². The Labute approximate surface area is 249 Å². The largest absolute Gasteiger partial charge is 0.497 e. The van der Waals surface area contributed by atoms with Crippen LogP contribution >= 0.6 is 23.2 Å². The summed E-state index contributed by atoms with van der Waals surface area (Å²) in [5.41, 5.74) is 2.29. The monoisotopic (exact) mass is 594 g/mol. The molecule has 4 rings (SSSR count). The van der Waals surface area contributed by atoms with E-state index in [1.54, 1.807) is 41.1 Å². The van der Waals surface area contributed by atoms with E-state index in [-0.39, 0.29) is 24.4 Å². The third kappa shape index (κ3) is 7.20. The number of halogens is 2. The minimum Gasteiger partial charge on any atom is -0.497 e. The summed E-state index contributed by atoms with van der Waals surface area (Å²) in [4.78, 5) is 28.8. The highest BCUT2D eigenvalue weighted by Crippen LogP contribution is 2.30. The van der Waals surface area contributed by atoms with Gasteiger partial charge in [-0.3, -0.25) is 9.59 Å². The zero-order chi connectivity index (χ0) is 29.7. The molecule has 4 aromatic rings. The lowest BCUT2D eigenvalue weighted by atomic mass is 9.92. The van der Waals surface area contributed by atoms with Gasteiger partial charge in [0.1, 0.15) is 23.9 Å². The van der Waals surface area contributed by atoms with E-state index in [9.17, 15) is 9.59 Å². The highest BCUT2D eigenvalue weighted by atomic mass is 35.5. The van der Waals surface area contributed by atoms with Crippen LogP contribution in [0.25, 0.3) is 5.69 Å². The third-order valence-corrected chi connectivity index (χ3v) is 7.11. The van der Waals surface area contributed by atoms with Crippen LogP contribution in [0, 0.1) is 0 Å². The van der Waals surface area contributed by atoms with Crippen molar-refractivity contribution >= 4 is 40.8 Å². The summed E-state index contributed by atoms with van der Waals surface area (Å²) in [7, 11) is 3.02. The lowest BCUT2D eigenvalue weighted by Gasteiger charge is -2.23. The zero-order valence-corrected chi connectivity index (χ0v) is 25.1. The lowest BCUT2D eigenvalue weighted by Crippen LogP contribution is -2.38. The van der Waals surface area contributed by atoms with E-state index in [1.807, 2.05) is 57.2 Å². The Morgan fingerprint density at radius 2 is 1.66 bits per heavy atom. The van der Waals surface area contributed by atoms with Crippen LogP contribution in [-0.4, -0.2) is 47.3 Å². The molecule has 1 N–H and O–H groups in total. The summed E-state index contributed by atoms with van der Waals surface area (Å²) in [6.45, 7) is 6.08. The van der Waals surface area contributed by atoms with Gasteiger partial charge in [0.2, 0.25) is 5.91 Å². The van der Waals surface area contributed by atoms with Gasteiger partial charge in [-0.1, -0.05) is 74.3 Å². The molecular weight excluding hydrogens is 563 g/mol. The smallest absolute Gasteiger partial charge is 0.258 e. The zero-order valence-electron chi connectivity index (χ0n) is 23.6. The summed E-state index contributed by atoms with van der Waals surface area (Å²) < 4.78 is 12.3. The number of hydrogen-bond donors (Lipinski definition) is 1. The Morgan fingerprint density at radius 3 is 2.29 bits per heavy atom. The maximum absolute atomic E-state index is 13.8. The van der Waals surface area contributed by atoms with Gasteiger partial charge in [0.05, 0.1) is 41.2 Å². The first-order valence-corrected chi connectivity index (χ1v) is 13.7. The molecule has 1 heterocycles. The number of benzene rings is 3. The third-order valence-electron chi connectivity index (χ3n) is 6.37. The number of nitrogens with one attached hydrogen (secondary N) is 1. The van der Waals surface area contributed by atoms with Crippen molar-refractivity contribution in [2.45, 2.75) is 32.7 Å². The fourth-order valence-electron chi connectivity index (χ4n) is 4.15. The summed E-state index contributed by atoms with van der Waals surface area (Å²) >= 11 is 12.4. The van der Waals surface area contributed by atoms with Crippen molar-refractivity contribution in [3.8, 4) is 17.2 Å². The van der Waals surface area contributed by atoms with Gasteiger partial charge in [0, 0.05) is 24.1 Å². The first kappa shape index (κ1) is 30.0. The predicted molar refractivity (Wildman–Crippen MR) is 162 cm³/mol. The van der Waals surface area contributed by atoms with Crippen molar-refractivity contribution in [1.29, 1.82) is 0 Å². The minimum atomic E-state index is -0.400. The van der Waals surface area contributed by atoms with Crippen molar-refractivity contribution in [2.75, 3.05) is 26.1 Å². The van der Waals surface area contributed by atoms with Crippen LogP contribution in [-0.2, 0) is 16.8 Å². The molecule has 214 valence electrons. The van der Waals surface area contributed by atoms with Gasteiger partial charge in [-0.05, 0) is 35.9 Å². The average Bonchev–Trinajstić information content (AvgIpc) is 3.38. The van der Waals surface area contributed by atoms with Crippen LogP contribution in [0.15, 0.2) is 72.8 Å². The molecule has 2 amide bonds. The number of ether oxygens (including phenoxy) is 2. The van der Waals surface area contributed by atoms with Crippen molar-refractivity contribution in [3.63, 3.8) is 0 Å². The molecule has 0 fully saturated rings. The minimum absolute atomic E-state index is 0.210. The highest BCUT2D eigenvalue weighted by molar-refractivity contribution is 6.42. The first-order chi connectivity index (χ1) is 19.5. The topological polar surface area (TPSA) is 85.7 Å². The number of methoxy groups -OCH3 is 2. The van der Waals surface area contributed by atoms with E-state index in [2.05, 4.69) is 5.32 Å². The van der Waals surface area contributed by atoms with Crippen molar-refractivity contribution in [1.82, 2.24) is 14.7 Å². The van der Waals surface area contributed by atoms with Crippen molar-refractivity contribution in [3.05, 3.63) is 99.7 Å². The number of amides is 2. The lowest BCUT2D eigenvalue weighted by molar-refractivity contribution is -0.117. The van der Waals surface area contributed by atoms with Crippen molar-refractivity contribution in [2.24, 2.45) is 0 Å². The normalized spacial score (nSPS) is 11.2. The Kier molecular flexibility index (Phi) is 9.25. The number of carbonyl (C=O) groups excluding carboxylic acids is 2. The van der Waals surface area contributed by atoms with E-state index in [0.29, 0.717) is 38.6 Å². The second-order valence-corrected chi connectivity index (χ2v) is 11.3. The van der Waals surface area contributed by atoms with Gasteiger partial charge in [0.15, 0.2) is 0 Å². The molecule has 0 aliphatic heterocycles. The van der Waals surface area contributed by atoms with Gasteiger partial charge < -0.3 is 19.7 Å². The van der Waals surface area contributed by atoms with E-state index >= 15 is 0 Å². The molecule has 0 radical (unpaired) electrons. The molecule has 10 heteroatoms. The second-order valence-electron chi connectivity index (χ2n) is 10.4. The number of nitrogens with zero attached hydrogens (tertiary/aromatic N) is 3. The van der Waals surface area contributed by atoms with Crippen LogP contribution in [0.1, 0.15) is 42.4 Å². The van der Waals surface area contributed by atoms with Crippen LogP contribution in [0.2, 0.25) is 10.0 Å². The molecule has 0 saturated carbocycles. The molecule has 3 aromatic carbocycles. The molecule has 8 nitrogen and oxygen atoms in total.